The summed E-state index contributed by atoms with van der Waals surface area (Å²) in [5.74, 6) is 0.292. The number of nitrogens with two attached hydrogens (primary N) is 1. The minimum atomic E-state index is -0.427. The van der Waals surface area contributed by atoms with Crippen molar-refractivity contribution in [1.82, 2.24) is 4.90 Å². The zero-order valence-corrected chi connectivity index (χ0v) is 12.4. The lowest BCUT2D eigenvalue weighted by Gasteiger charge is -2.38. The topological polar surface area (TPSA) is 68.0 Å². The summed E-state index contributed by atoms with van der Waals surface area (Å²) in [6.07, 6.45) is -0.204. The maximum Gasteiger partial charge on any atom is 0.250 e. The Bertz CT molecular complexity index is 541. The van der Waals surface area contributed by atoms with E-state index in [1.54, 1.807) is 12.1 Å². The lowest BCUT2D eigenvalue weighted by Crippen LogP contribution is -2.55. The van der Waals surface area contributed by atoms with Crippen LogP contribution >= 0.6 is 0 Å². The first kappa shape index (κ1) is 14.2. The monoisotopic (exact) mass is 291 g/mol. The summed E-state index contributed by atoms with van der Waals surface area (Å²) in [6, 6.07) is 5.64. The van der Waals surface area contributed by atoms with E-state index in [4.69, 9.17) is 15.2 Å². The van der Waals surface area contributed by atoms with Gasteiger partial charge in [-0.25, -0.2) is 4.90 Å². The number of amides is 1. The molecule has 0 aromatic heterocycles. The summed E-state index contributed by atoms with van der Waals surface area (Å²) in [7, 11) is 0. The first-order valence-corrected chi connectivity index (χ1v) is 7.29. The highest BCUT2D eigenvalue weighted by molar-refractivity contribution is 6.00. The van der Waals surface area contributed by atoms with Crippen molar-refractivity contribution in [2.75, 3.05) is 31.2 Å². The average Bonchev–Trinajstić information content (AvgIpc) is 2.87. The van der Waals surface area contributed by atoms with E-state index in [1.807, 2.05) is 6.07 Å². The summed E-state index contributed by atoms with van der Waals surface area (Å²) in [5.41, 5.74) is 6.83. The minimum Gasteiger partial charge on any atom is -0.455 e. The molecule has 0 saturated carbocycles. The highest BCUT2D eigenvalue weighted by Gasteiger charge is 2.39. The quantitative estimate of drug-likeness (QED) is 0.900. The fourth-order valence-corrected chi connectivity index (χ4v) is 2.93. The van der Waals surface area contributed by atoms with Crippen LogP contribution in [0.4, 0.5) is 5.69 Å². The molecular weight excluding hydrogens is 270 g/mol. The zero-order chi connectivity index (χ0) is 15.0. The van der Waals surface area contributed by atoms with Gasteiger partial charge in [0, 0.05) is 19.1 Å². The molecule has 114 valence electrons. The lowest BCUT2D eigenvalue weighted by atomic mass is 10.1. The molecule has 1 atom stereocenters. The van der Waals surface area contributed by atoms with Crippen LogP contribution in [0.2, 0.25) is 0 Å². The normalized spacial score (nSPS) is 22.2. The smallest absolute Gasteiger partial charge is 0.250 e. The van der Waals surface area contributed by atoms with Crippen LogP contribution in [0.1, 0.15) is 24.2 Å². The number of rotatable bonds is 3. The van der Waals surface area contributed by atoms with Gasteiger partial charge >= 0.3 is 0 Å². The molecule has 2 aliphatic rings. The van der Waals surface area contributed by atoms with Crippen molar-refractivity contribution in [3.05, 3.63) is 23.8 Å². The third-order valence-electron chi connectivity index (χ3n) is 3.91. The van der Waals surface area contributed by atoms with Crippen molar-refractivity contribution in [3.8, 4) is 5.75 Å². The van der Waals surface area contributed by atoms with Crippen LogP contribution < -0.4 is 15.4 Å². The number of ether oxygens (including phenoxy) is 2. The van der Waals surface area contributed by atoms with Crippen LogP contribution in [0.3, 0.4) is 0 Å². The Labute approximate surface area is 124 Å². The van der Waals surface area contributed by atoms with Gasteiger partial charge in [-0.2, -0.15) is 0 Å². The first-order chi connectivity index (χ1) is 10.1. The molecule has 1 saturated heterocycles. The molecule has 1 aromatic carbocycles. The predicted octanol–water partition coefficient (Wildman–Crippen LogP) is 1.01. The fourth-order valence-electron chi connectivity index (χ4n) is 2.93. The molecular formula is C15H21N3O3. The number of para-hydroxylation sites is 1. The molecule has 6 nitrogen and oxygen atoms in total. The number of hydrogen-bond donors (Lipinski definition) is 1. The molecule has 0 aliphatic carbocycles. The Morgan fingerprint density at radius 3 is 2.67 bits per heavy atom. The fraction of sp³-hybridized carbons (Fsp3) is 0.533. The summed E-state index contributed by atoms with van der Waals surface area (Å²) in [5, 5.41) is 0. The van der Waals surface area contributed by atoms with Gasteiger partial charge in [0.1, 0.15) is 5.75 Å². The van der Waals surface area contributed by atoms with E-state index < -0.39 is 5.91 Å². The van der Waals surface area contributed by atoms with Gasteiger partial charge in [0.05, 0.1) is 24.5 Å². The van der Waals surface area contributed by atoms with Gasteiger partial charge in [-0.1, -0.05) is 6.07 Å². The van der Waals surface area contributed by atoms with Gasteiger partial charge < -0.3 is 20.1 Å². The molecule has 1 amide bonds. The largest absolute Gasteiger partial charge is 0.455 e. The van der Waals surface area contributed by atoms with Crippen LogP contribution in [0.5, 0.6) is 5.75 Å². The summed E-state index contributed by atoms with van der Waals surface area (Å²) < 4.78 is 11.5. The van der Waals surface area contributed by atoms with Gasteiger partial charge in [-0.05, 0) is 26.0 Å². The lowest BCUT2D eigenvalue weighted by molar-refractivity contribution is -0.0404. The molecule has 2 aliphatic heterocycles. The van der Waals surface area contributed by atoms with E-state index in [0.29, 0.717) is 18.8 Å². The molecule has 0 radical (unpaired) electrons. The molecule has 21 heavy (non-hydrogen) atoms. The summed E-state index contributed by atoms with van der Waals surface area (Å²) in [4.78, 5) is 16.1. The predicted molar refractivity (Wildman–Crippen MR) is 79.4 cm³/mol. The second kappa shape index (κ2) is 5.54. The number of primary amides is 1. The van der Waals surface area contributed by atoms with Gasteiger partial charge in [0.15, 0.2) is 0 Å². The molecule has 2 heterocycles. The highest BCUT2D eigenvalue weighted by atomic mass is 16.5. The first-order valence-electron chi connectivity index (χ1n) is 7.29. The Morgan fingerprint density at radius 2 is 2.05 bits per heavy atom. The van der Waals surface area contributed by atoms with Gasteiger partial charge in [0.2, 0.25) is 6.35 Å². The van der Waals surface area contributed by atoms with Gasteiger partial charge in [-0.3, -0.25) is 4.79 Å². The minimum absolute atomic E-state index is 0.194. The number of fused-ring (bicyclic) bond motifs is 1. The Kier molecular flexibility index (Phi) is 3.73. The van der Waals surface area contributed by atoms with E-state index in [9.17, 15) is 4.79 Å². The van der Waals surface area contributed by atoms with E-state index in [2.05, 4.69) is 23.6 Å². The third kappa shape index (κ3) is 2.45. The molecule has 6 heteroatoms. The van der Waals surface area contributed by atoms with Gasteiger partial charge in [-0.15, -0.1) is 0 Å². The standard InChI is InChI=1S/C15H21N3O3/c1-10(2)18-13-11(14(16)19)4-3-5-12(13)21-15(18)17-6-8-20-9-7-17/h3-5,10,15H,6-9H2,1-2H3,(H2,16,19)/t15-/m0/s1. The SMILES string of the molecule is CC(C)N1c2c(cccc2C(N)=O)O[C@H]1N1CCOCC1. The Hall–Kier alpha value is -1.79. The van der Waals surface area contributed by atoms with Crippen LogP contribution in [-0.2, 0) is 4.74 Å². The second-order valence-electron chi connectivity index (χ2n) is 5.61. The number of morpholine rings is 1. The van der Waals surface area contributed by atoms with Crippen LogP contribution in [0.25, 0.3) is 0 Å². The van der Waals surface area contributed by atoms with Crippen molar-refractivity contribution in [3.63, 3.8) is 0 Å². The van der Waals surface area contributed by atoms with Crippen molar-refractivity contribution in [2.24, 2.45) is 5.73 Å². The molecule has 3 rings (SSSR count). The number of carbonyl (C=O) groups is 1. The van der Waals surface area contributed by atoms with E-state index in [1.165, 1.54) is 0 Å². The average molecular weight is 291 g/mol. The van der Waals surface area contributed by atoms with E-state index in [0.717, 1.165) is 24.5 Å². The van der Waals surface area contributed by atoms with Crippen molar-refractivity contribution < 1.29 is 14.3 Å². The Morgan fingerprint density at radius 1 is 1.33 bits per heavy atom. The summed E-state index contributed by atoms with van der Waals surface area (Å²) >= 11 is 0. The number of carbonyl (C=O) groups excluding carboxylic acids is 1. The van der Waals surface area contributed by atoms with Crippen LogP contribution in [-0.4, -0.2) is 49.5 Å². The molecule has 0 bridgehead atoms. The molecule has 1 aromatic rings. The van der Waals surface area contributed by atoms with Crippen LogP contribution in [0.15, 0.2) is 18.2 Å². The third-order valence-corrected chi connectivity index (χ3v) is 3.91. The van der Waals surface area contributed by atoms with Gasteiger partial charge in [0.25, 0.3) is 5.91 Å². The van der Waals surface area contributed by atoms with Crippen molar-refractivity contribution in [1.29, 1.82) is 0 Å². The number of hydrogen-bond acceptors (Lipinski definition) is 5. The molecule has 1 fully saturated rings. The summed E-state index contributed by atoms with van der Waals surface area (Å²) in [6.45, 7) is 7.20. The van der Waals surface area contributed by atoms with Crippen LogP contribution in [0, 0.1) is 0 Å². The number of anilines is 1. The zero-order valence-electron chi connectivity index (χ0n) is 12.4. The number of nitrogens with zero attached hydrogens (tertiary/aromatic N) is 2. The maximum absolute atomic E-state index is 11.7. The molecule has 2 N–H and O–H groups in total. The molecule has 0 spiro atoms. The number of benzene rings is 1. The van der Waals surface area contributed by atoms with E-state index in [-0.39, 0.29) is 12.4 Å². The molecule has 0 unspecified atom stereocenters. The maximum atomic E-state index is 11.7. The van der Waals surface area contributed by atoms with Crippen molar-refractivity contribution in [2.45, 2.75) is 26.2 Å². The van der Waals surface area contributed by atoms with Crippen molar-refractivity contribution >= 4 is 11.6 Å². The second-order valence-corrected chi connectivity index (χ2v) is 5.61. The highest BCUT2D eigenvalue weighted by Crippen LogP contribution is 2.42. The Balaban J connectivity index is 1.99. The van der Waals surface area contributed by atoms with E-state index >= 15 is 0 Å².